The van der Waals surface area contributed by atoms with Gasteiger partial charge in [0.15, 0.2) is 0 Å². The molecule has 0 atom stereocenters. The first-order valence-electron chi connectivity index (χ1n) is 16.0. The van der Waals surface area contributed by atoms with Gasteiger partial charge in [-0.3, -0.25) is 9.59 Å². The summed E-state index contributed by atoms with van der Waals surface area (Å²) in [5, 5.41) is 9.06. The molecule has 5 heteroatoms. The van der Waals surface area contributed by atoms with Crippen molar-refractivity contribution in [3.8, 4) is 5.75 Å². The van der Waals surface area contributed by atoms with Crippen molar-refractivity contribution in [3.05, 3.63) is 142 Å². The van der Waals surface area contributed by atoms with Crippen LogP contribution in [0.1, 0.15) is 90.5 Å². The molecular formula is C40H43NO4. The number of carbonyl (C=O) groups excluding carboxylic acids is 1. The SMILES string of the molecule is CC(C)Cc1ccc(C(Oc2ccc(C(=O)c3cc(CCCC(=O)O)c4ccccn34)cc2)c2ccc(CC(C)C)cc2)cc1. The molecule has 0 saturated carbocycles. The van der Waals surface area contributed by atoms with Crippen LogP contribution in [0.15, 0.2) is 103 Å². The van der Waals surface area contributed by atoms with Gasteiger partial charge in [0, 0.05) is 23.7 Å². The number of aliphatic carboxylic acids is 1. The highest BCUT2D eigenvalue weighted by molar-refractivity contribution is 6.09. The second kappa shape index (κ2) is 14.4. The highest BCUT2D eigenvalue weighted by atomic mass is 16.5. The molecule has 0 aliphatic heterocycles. The second-order valence-corrected chi connectivity index (χ2v) is 12.8. The molecule has 0 radical (unpaired) electrons. The van der Waals surface area contributed by atoms with Gasteiger partial charge < -0.3 is 14.2 Å². The lowest BCUT2D eigenvalue weighted by Gasteiger charge is -2.21. The summed E-state index contributed by atoms with van der Waals surface area (Å²) >= 11 is 0. The van der Waals surface area contributed by atoms with E-state index >= 15 is 0 Å². The van der Waals surface area contributed by atoms with Crippen LogP contribution in [0, 0.1) is 11.8 Å². The number of aromatic nitrogens is 1. The Morgan fingerprint density at radius 3 is 1.87 bits per heavy atom. The zero-order valence-corrected chi connectivity index (χ0v) is 26.7. The second-order valence-electron chi connectivity index (χ2n) is 12.8. The molecule has 0 bridgehead atoms. The van der Waals surface area contributed by atoms with E-state index in [0.29, 0.717) is 41.7 Å². The van der Waals surface area contributed by atoms with Crippen molar-refractivity contribution in [3.63, 3.8) is 0 Å². The fourth-order valence-electron chi connectivity index (χ4n) is 5.93. The maximum absolute atomic E-state index is 13.7. The van der Waals surface area contributed by atoms with Gasteiger partial charge in [-0.2, -0.15) is 0 Å². The molecule has 45 heavy (non-hydrogen) atoms. The van der Waals surface area contributed by atoms with Gasteiger partial charge in [0.25, 0.3) is 0 Å². The summed E-state index contributed by atoms with van der Waals surface area (Å²) in [4.78, 5) is 24.7. The molecule has 5 rings (SSSR count). The summed E-state index contributed by atoms with van der Waals surface area (Å²) in [5.74, 6) is 0.955. The monoisotopic (exact) mass is 601 g/mol. The predicted octanol–water partition coefficient (Wildman–Crippen LogP) is 9.14. The number of carboxylic acid groups (broad SMARTS) is 1. The van der Waals surface area contributed by atoms with E-state index in [9.17, 15) is 9.59 Å². The summed E-state index contributed by atoms with van der Waals surface area (Å²) in [7, 11) is 0. The van der Waals surface area contributed by atoms with Gasteiger partial charge in [0.2, 0.25) is 5.78 Å². The van der Waals surface area contributed by atoms with Crippen molar-refractivity contribution in [2.75, 3.05) is 0 Å². The van der Waals surface area contributed by atoms with Gasteiger partial charge in [0.1, 0.15) is 11.9 Å². The summed E-state index contributed by atoms with van der Waals surface area (Å²) in [5.41, 5.74) is 7.80. The number of pyridine rings is 1. The molecule has 0 aliphatic carbocycles. The van der Waals surface area contributed by atoms with Crippen molar-refractivity contribution < 1.29 is 19.4 Å². The fourth-order valence-corrected chi connectivity index (χ4v) is 5.93. The van der Waals surface area contributed by atoms with E-state index in [0.717, 1.165) is 35.0 Å². The number of ketones is 1. The van der Waals surface area contributed by atoms with Gasteiger partial charge in [-0.25, -0.2) is 0 Å². The number of hydrogen-bond donors (Lipinski definition) is 1. The third-order valence-electron chi connectivity index (χ3n) is 8.05. The van der Waals surface area contributed by atoms with E-state index in [1.165, 1.54) is 11.1 Å². The minimum absolute atomic E-state index is 0.0923. The Labute approximate surface area is 266 Å². The van der Waals surface area contributed by atoms with E-state index in [-0.39, 0.29) is 18.3 Å². The topological polar surface area (TPSA) is 68.0 Å². The number of nitrogens with zero attached hydrogens (tertiary/aromatic N) is 1. The molecule has 0 aliphatic rings. The first-order chi connectivity index (χ1) is 21.7. The molecule has 0 fully saturated rings. The lowest BCUT2D eigenvalue weighted by atomic mass is 9.95. The zero-order valence-electron chi connectivity index (χ0n) is 26.7. The van der Waals surface area contributed by atoms with E-state index in [2.05, 4.69) is 76.2 Å². The van der Waals surface area contributed by atoms with E-state index in [1.807, 2.05) is 59.1 Å². The number of benzene rings is 3. The largest absolute Gasteiger partial charge is 0.481 e. The van der Waals surface area contributed by atoms with Crippen LogP contribution < -0.4 is 4.74 Å². The lowest BCUT2D eigenvalue weighted by Crippen LogP contribution is -2.10. The summed E-state index contributed by atoms with van der Waals surface area (Å²) in [6, 6.07) is 32.5. The number of carbonyl (C=O) groups is 2. The molecule has 2 heterocycles. The van der Waals surface area contributed by atoms with Crippen LogP contribution in [0.4, 0.5) is 0 Å². The maximum atomic E-state index is 13.7. The summed E-state index contributed by atoms with van der Waals surface area (Å²) < 4.78 is 8.54. The van der Waals surface area contributed by atoms with Crippen LogP contribution in [-0.2, 0) is 24.1 Å². The van der Waals surface area contributed by atoms with Crippen molar-refractivity contribution in [1.82, 2.24) is 4.40 Å². The molecule has 1 N–H and O–H groups in total. The smallest absolute Gasteiger partial charge is 0.303 e. The number of carboxylic acids is 1. The number of rotatable bonds is 14. The standard InChI is InChI=1S/C40H43NO4/c1-27(2)24-29-11-15-32(16-12-29)40(33-17-13-30(14-18-33)25-28(3)4)45-35-21-19-31(20-22-35)39(44)37-26-34(8-7-10-38(42)43)36-9-5-6-23-41(36)37/h5-6,9,11-23,26-28,40H,7-8,10,24-25H2,1-4H3,(H,42,43). The van der Waals surface area contributed by atoms with Gasteiger partial charge in [0.05, 0.1) is 5.69 Å². The highest BCUT2D eigenvalue weighted by Gasteiger charge is 2.20. The Morgan fingerprint density at radius 1 is 0.756 bits per heavy atom. The third kappa shape index (κ3) is 8.10. The maximum Gasteiger partial charge on any atom is 0.303 e. The molecule has 0 saturated heterocycles. The first kappa shape index (κ1) is 31.8. The molecule has 0 unspecified atom stereocenters. The van der Waals surface area contributed by atoms with Crippen molar-refractivity contribution >= 4 is 17.3 Å². The molecular weight excluding hydrogens is 558 g/mol. The fraction of sp³-hybridized carbons (Fsp3) is 0.300. The average molecular weight is 602 g/mol. The number of ether oxygens (including phenoxy) is 1. The zero-order chi connectivity index (χ0) is 31.9. The Balaban J connectivity index is 1.39. The molecule has 2 aromatic heterocycles. The van der Waals surface area contributed by atoms with Crippen LogP contribution >= 0.6 is 0 Å². The van der Waals surface area contributed by atoms with Gasteiger partial charge >= 0.3 is 5.97 Å². The Kier molecular flexibility index (Phi) is 10.2. The third-order valence-corrected chi connectivity index (χ3v) is 8.05. The van der Waals surface area contributed by atoms with Gasteiger partial charge in [-0.1, -0.05) is 82.3 Å². The molecule has 5 nitrogen and oxygen atoms in total. The average Bonchev–Trinajstić information content (AvgIpc) is 3.38. The molecule has 0 spiro atoms. The normalized spacial score (nSPS) is 11.5. The van der Waals surface area contributed by atoms with E-state index in [1.54, 1.807) is 0 Å². The highest BCUT2D eigenvalue weighted by Crippen LogP contribution is 2.31. The quantitative estimate of drug-likeness (QED) is 0.129. The van der Waals surface area contributed by atoms with Crippen LogP contribution in [0.3, 0.4) is 0 Å². The van der Waals surface area contributed by atoms with Crippen molar-refractivity contribution in [2.24, 2.45) is 11.8 Å². The number of aryl methyl sites for hydroxylation is 1. The predicted molar refractivity (Wildman–Crippen MR) is 180 cm³/mol. The molecule has 232 valence electrons. The lowest BCUT2D eigenvalue weighted by molar-refractivity contribution is -0.137. The van der Waals surface area contributed by atoms with Gasteiger partial charge in [-0.15, -0.1) is 0 Å². The minimum Gasteiger partial charge on any atom is -0.481 e. The molecule has 0 amide bonds. The minimum atomic E-state index is -0.814. The first-order valence-corrected chi connectivity index (χ1v) is 16.0. The Morgan fingerprint density at radius 2 is 1.33 bits per heavy atom. The molecule has 5 aromatic rings. The van der Waals surface area contributed by atoms with E-state index in [4.69, 9.17) is 9.84 Å². The van der Waals surface area contributed by atoms with Crippen molar-refractivity contribution in [2.45, 2.75) is 65.9 Å². The van der Waals surface area contributed by atoms with Crippen LogP contribution in [0.5, 0.6) is 5.75 Å². The van der Waals surface area contributed by atoms with Gasteiger partial charge in [-0.05, 0) is 108 Å². The Bertz CT molecular complexity index is 1680. The Hall–Kier alpha value is -4.64. The van der Waals surface area contributed by atoms with Crippen LogP contribution in [0.2, 0.25) is 0 Å². The summed E-state index contributed by atoms with van der Waals surface area (Å²) in [6.45, 7) is 8.92. The molecule has 3 aromatic carbocycles. The van der Waals surface area contributed by atoms with Crippen molar-refractivity contribution in [1.29, 1.82) is 0 Å². The van der Waals surface area contributed by atoms with Crippen LogP contribution in [-0.4, -0.2) is 21.3 Å². The number of hydrogen-bond acceptors (Lipinski definition) is 3. The van der Waals surface area contributed by atoms with E-state index < -0.39 is 5.97 Å². The van der Waals surface area contributed by atoms with Crippen LogP contribution in [0.25, 0.3) is 5.52 Å². The summed E-state index contributed by atoms with van der Waals surface area (Å²) in [6.07, 6.45) is 4.86. The number of fused-ring (bicyclic) bond motifs is 1.